The summed E-state index contributed by atoms with van der Waals surface area (Å²) in [6.45, 7) is 8.81. The SMILES string of the molecule is CCNC(=O)Nc1ccc(-c2cc3c(c(N4CCOC[C@@H]4C)c2)CCN(c2cnccn2)C3)cc1. The van der Waals surface area contributed by atoms with Crippen molar-refractivity contribution in [3.05, 3.63) is 66.1 Å². The van der Waals surface area contributed by atoms with Crippen molar-refractivity contribution >= 4 is 23.2 Å². The lowest BCUT2D eigenvalue weighted by Crippen LogP contribution is -2.45. The van der Waals surface area contributed by atoms with Gasteiger partial charge in [-0.1, -0.05) is 12.1 Å². The molecule has 35 heavy (non-hydrogen) atoms. The Labute approximate surface area is 206 Å². The van der Waals surface area contributed by atoms with Gasteiger partial charge in [0, 0.05) is 56.0 Å². The molecule has 8 heteroatoms. The second-order valence-electron chi connectivity index (χ2n) is 9.05. The first kappa shape index (κ1) is 23.1. The van der Waals surface area contributed by atoms with Gasteiger partial charge in [0.25, 0.3) is 0 Å². The smallest absolute Gasteiger partial charge is 0.319 e. The molecule has 5 rings (SSSR count). The Morgan fingerprint density at radius 3 is 2.74 bits per heavy atom. The lowest BCUT2D eigenvalue weighted by Gasteiger charge is -2.39. The predicted octanol–water partition coefficient (Wildman–Crippen LogP) is 4.07. The summed E-state index contributed by atoms with van der Waals surface area (Å²) in [7, 11) is 0. The second-order valence-corrected chi connectivity index (χ2v) is 9.05. The third-order valence-corrected chi connectivity index (χ3v) is 6.68. The molecule has 2 aliphatic rings. The van der Waals surface area contributed by atoms with E-state index in [4.69, 9.17) is 4.74 Å². The van der Waals surface area contributed by atoms with Crippen LogP contribution in [0.1, 0.15) is 25.0 Å². The van der Waals surface area contributed by atoms with Crippen molar-refractivity contribution in [2.75, 3.05) is 48.0 Å². The molecule has 0 spiro atoms. The summed E-state index contributed by atoms with van der Waals surface area (Å²) in [5.74, 6) is 0.908. The Hall–Kier alpha value is -3.65. The Morgan fingerprint density at radius 2 is 2.00 bits per heavy atom. The molecule has 3 aromatic rings. The van der Waals surface area contributed by atoms with Gasteiger partial charge in [-0.05, 0) is 66.8 Å². The highest BCUT2D eigenvalue weighted by Gasteiger charge is 2.27. The van der Waals surface area contributed by atoms with Crippen molar-refractivity contribution in [3.63, 3.8) is 0 Å². The Kier molecular flexibility index (Phi) is 6.81. The van der Waals surface area contributed by atoms with Crippen LogP contribution in [0.2, 0.25) is 0 Å². The fourth-order valence-corrected chi connectivity index (χ4v) is 4.92. The lowest BCUT2D eigenvalue weighted by atomic mass is 9.91. The van der Waals surface area contributed by atoms with E-state index in [1.807, 2.05) is 25.3 Å². The third-order valence-electron chi connectivity index (χ3n) is 6.68. The fraction of sp³-hybridized carbons (Fsp3) is 0.370. The molecule has 0 radical (unpaired) electrons. The summed E-state index contributed by atoms with van der Waals surface area (Å²) < 4.78 is 5.72. The molecule has 0 bridgehead atoms. The van der Waals surface area contributed by atoms with Gasteiger partial charge in [0.15, 0.2) is 0 Å². The zero-order valence-electron chi connectivity index (χ0n) is 20.3. The van der Waals surface area contributed by atoms with E-state index < -0.39 is 0 Å². The first-order valence-electron chi connectivity index (χ1n) is 12.3. The Morgan fingerprint density at radius 1 is 1.14 bits per heavy atom. The molecule has 0 aliphatic carbocycles. The average molecular weight is 473 g/mol. The highest BCUT2D eigenvalue weighted by Crippen LogP contribution is 2.37. The zero-order chi connectivity index (χ0) is 24.2. The molecule has 2 aliphatic heterocycles. The number of fused-ring (bicyclic) bond motifs is 1. The van der Waals surface area contributed by atoms with E-state index in [1.54, 1.807) is 12.4 Å². The van der Waals surface area contributed by atoms with E-state index in [2.05, 4.69) is 61.6 Å². The number of benzene rings is 2. The maximum Gasteiger partial charge on any atom is 0.319 e. The van der Waals surface area contributed by atoms with Crippen LogP contribution in [-0.4, -0.2) is 54.9 Å². The molecule has 182 valence electrons. The molecule has 2 N–H and O–H groups in total. The fourth-order valence-electron chi connectivity index (χ4n) is 4.92. The minimum absolute atomic E-state index is 0.193. The highest BCUT2D eigenvalue weighted by molar-refractivity contribution is 5.89. The summed E-state index contributed by atoms with van der Waals surface area (Å²) in [4.78, 5) is 25.5. The van der Waals surface area contributed by atoms with Crippen LogP contribution in [0.4, 0.5) is 22.0 Å². The number of anilines is 3. The highest BCUT2D eigenvalue weighted by atomic mass is 16.5. The van der Waals surface area contributed by atoms with Gasteiger partial charge in [-0.2, -0.15) is 0 Å². The van der Waals surface area contributed by atoms with Crippen LogP contribution < -0.4 is 20.4 Å². The van der Waals surface area contributed by atoms with Gasteiger partial charge in [0.05, 0.1) is 19.4 Å². The molecule has 1 aromatic heterocycles. The van der Waals surface area contributed by atoms with Crippen molar-refractivity contribution in [1.29, 1.82) is 0 Å². The lowest BCUT2D eigenvalue weighted by molar-refractivity contribution is 0.0988. The first-order chi connectivity index (χ1) is 17.1. The van der Waals surface area contributed by atoms with Crippen LogP contribution >= 0.6 is 0 Å². The number of hydrogen-bond donors (Lipinski definition) is 2. The van der Waals surface area contributed by atoms with Gasteiger partial charge in [-0.25, -0.2) is 9.78 Å². The average Bonchev–Trinajstić information content (AvgIpc) is 2.89. The monoisotopic (exact) mass is 472 g/mol. The number of nitrogens with one attached hydrogen (secondary N) is 2. The molecule has 0 unspecified atom stereocenters. The van der Waals surface area contributed by atoms with Crippen molar-refractivity contribution in [1.82, 2.24) is 15.3 Å². The van der Waals surface area contributed by atoms with E-state index in [9.17, 15) is 4.79 Å². The predicted molar refractivity (Wildman–Crippen MR) is 139 cm³/mol. The summed E-state index contributed by atoms with van der Waals surface area (Å²) in [6.07, 6.45) is 6.25. The van der Waals surface area contributed by atoms with Gasteiger partial charge in [0.2, 0.25) is 0 Å². The number of nitrogens with zero attached hydrogens (tertiary/aromatic N) is 4. The molecular formula is C27H32N6O2. The number of ether oxygens (including phenoxy) is 1. The molecule has 8 nitrogen and oxygen atoms in total. The Bertz CT molecular complexity index is 1170. The number of urea groups is 1. The molecule has 1 saturated heterocycles. The van der Waals surface area contributed by atoms with E-state index in [1.165, 1.54) is 22.4 Å². The van der Waals surface area contributed by atoms with Crippen molar-refractivity contribution in [2.45, 2.75) is 32.9 Å². The summed E-state index contributed by atoms with van der Waals surface area (Å²) in [6, 6.07) is 12.8. The molecule has 3 heterocycles. The molecule has 0 saturated carbocycles. The van der Waals surface area contributed by atoms with Crippen molar-refractivity contribution < 1.29 is 9.53 Å². The Balaban J connectivity index is 1.49. The number of hydrogen-bond acceptors (Lipinski definition) is 6. The molecule has 2 amide bonds. The number of carbonyl (C=O) groups is 1. The van der Waals surface area contributed by atoms with Gasteiger partial charge >= 0.3 is 6.03 Å². The normalized spacial score (nSPS) is 17.6. The molecule has 1 fully saturated rings. The van der Waals surface area contributed by atoms with Gasteiger partial charge in [-0.3, -0.25) is 4.98 Å². The van der Waals surface area contributed by atoms with Gasteiger partial charge < -0.3 is 25.2 Å². The van der Waals surface area contributed by atoms with E-state index >= 15 is 0 Å². The van der Waals surface area contributed by atoms with E-state index in [-0.39, 0.29) is 6.03 Å². The maximum absolute atomic E-state index is 11.9. The number of morpholine rings is 1. The van der Waals surface area contributed by atoms with Crippen LogP contribution in [0, 0.1) is 0 Å². The van der Waals surface area contributed by atoms with Gasteiger partial charge in [0.1, 0.15) is 5.82 Å². The van der Waals surface area contributed by atoms with Crippen molar-refractivity contribution in [3.8, 4) is 11.1 Å². The molecular weight excluding hydrogens is 440 g/mol. The van der Waals surface area contributed by atoms with Crippen LogP contribution in [0.5, 0.6) is 0 Å². The van der Waals surface area contributed by atoms with Crippen LogP contribution in [0.25, 0.3) is 11.1 Å². The molecule has 1 atom stereocenters. The summed E-state index contributed by atoms with van der Waals surface area (Å²) in [5.41, 5.74) is 7.09. The minimum Gasteiger partial charge on any atom is -0.377 e. The number of carbonyl (C=O) groups excluding carboxylic acids is 1. The zero-order valence-corrected chi connectivity index (χ0v) is 20.3. The van der Waals surface area contributed by atoms with E-state index in [0.29, 0.717) is 12.6 Å². The quantitative estimate of drug-likeness (QED) is 0.583. The standard InChI is InChI=1S/C27H32N6O2/c1-3-29-27(34)31-23-6-4-20(5-7-23)21-14-22-17-32(26-16-28-9-10-30-26)11-8-24(22)25(15-21)33-12-13-35-18-19(33)2/h4-7,9-10,14-16,19H,3,8,11-13,17-18H2,1-2H3,(H2,29,31,34)/t19-/m0/s1. The minimum atomic E-state index is -0.193. The van der Waals surface area contributed by atoms with Gasteiger partial charge in [-0.15, -0.1) is 0 Å². The number of rotatable bonds is 5. The van der Waals surface area contributed by atoms with E-state index in [0.717, 1.165) is 56.3 Å². The van der Waals surface area contributed by atoms with Crippen LogP contribution in [0.3, 0.4) is 0 Å². The summed E-state index contributed by atoms with van der Waals surface area (Å²) in [5, 5.41) is 5.63. The maximum atomic E-state index is 11.9. The largest absolute Gasteiger partial charge is 0.377 e. The third kappa shape index (κ3) is 5.07. The number of aromatic nitrogens is 2. The van der Waals surface area contributed by atoms with Crippen molar-refractivity contribution in [2.24, 2.45) is 0 Å². The topological polar surface area (TPSA) is 82.6 Å². The molecule has 2 aromatic carbocycles. The van der Waals surface area contributed by atoms with Crippen LogP contribution in [0.15, 0.2) is 55.0 Å². The first-order valence-corrected chi connectivity index (χ1v) is 12.3. The summed E-state index contributed by atoms with van der Waals surface area (Å²) >= 11 is 0. The van der Waals surface area contributed by atoms with Crippen LogP contribution in [-0.2, 0) is 17.7 Å². The second kappa shape index (κ2) is 10.3. The number of amides is 2.